The van der Waals surface area contributed by atoms with Gasteiger partial charge in [0.15, 0.2) is 0 Å². The molecular weight excluding hydrogens is 257 g/mol. The highest BCUT2D eigenvalue weighted by molar-refractivity contribution is 5.77. The Kier molecular flexibility index (Phi) is 3.35. The fourth-order valence-corrected chi connectivity index (χ4v) is 2.13. The Labute approximate surface area is 115 Å². The van der Waals surface area contributed by atoms with E-state index in [-0.39, 0.29) is 18.5 Å². The van der Waals surface area contributed by atoms with E-state index in [1.165, 1.54) is 12.1 Å². The number of H-pyrrole nitrogens is 1. The molecule has 1 heterocycles. The van der Waals surface area contributed by atoms with E-state index in [9.17, 15) is 9.50 Å². The maximum Gasteiger partial charge on any atom is 0.201 e. The second-order valence-electron chi connectivity index (χ2n) is 4.54. The van der Waals surface area contributed by atoms with Crippen LogP contribution in [-0.2, 0) is 0 Å². The number of anilines is 1. The lowest BCUT2D eigenvalue weighted by Crippen LogP contribution is -2.15. The van der Waals surface area contributed by atoms with E-state index in [0.717, 1.165) is 5.56 Å². The van der Waals surface area contributed by atoms with Crippen LogP contribution in [-0.4, -0.2) is 21.7 Å². The highest BCUT2D eigenvalue weighted by Gasteiger charge is 2.12. The van der Waals surface area contributed by atoms with Crippen LogP contribution in [0.4, 0.5) is 10.3 Å². The van der Waals surface area contributed by atoms with Gasteiger partial charge in [-0.1, -0.05) is 30.3 Å². The number of aliphatic hydroxyl groups excluding tert-OH is 1. The van der Waals surface area contributed by atoms with Crippen LogP contribution in [0.2, 0.25) is 0 Å². The van der Waals surface area contributed by atoms with Gasteiger partial charge in [-0.05, 0) is 23.8 Å². The summed E-state index contributed by atoms with van der Waals surface area (Å²) >= 11 is 0. The normalized spacial score (nSPS) is 12.5. The molecule has 3 N–H and O–H groups in total. The van der Waals surface area contributed by atoms with Crippen molar-refractivity contribution in [3.63, 3.8) is 0 Å². The predicted octanol–water partition coefficient (Wildman–Crippen LogP) is 2.85. The van der Waals surface area contributed by atoms with Gasteiger partial charge in [-0.2, -0.15) is 0 Å². The van der Waals surface area contributed by atoms with Gasteiger partial charge in [0.1, 0.15) is 5.82 Å². The Bertz CT molecular complexity index is 711. The zero-order valence-electron chi connectivity index (χ0n) is 10.7. The minimum atomic E-state index is -0.311. The molecule has 3 rings (SSSR count). The van der Waals surface area contributed by atoms with Gasteiger partial charge in [0.2, 0.25) is 5.95 Å². The molecule has 20 heavy (non-hydrogen) atoms. The van der Waals surface area contributed by atoms with Gasteiger partial charge in [0.25, 0.3) is 0 Å². The highest BCUT2D eigenvalue weighted by atomic mass is 19.1. The lowest BCUT2D eigenvalue weighted by atomic mass is 10.1. The molecule has 0 aliphatic heterocycles. The molecule has 0 fully saturated rings. The van der Waals surface area contributed by atoms with Crippen molar-refractivity contribution in [3.8, 4) is 0 Å². The number of aromatic nitrogens is 2. The van der Waals surface area contributed by atoms with Gasteiger partial charge in [0.05, 0.1) is 23.7 Å². The smallest absolute Gasteiger partial charge is 0.201 e. The van der Waals surface area contributed by atoms with Crippen LogP contribution in [0, 0.1) is 5.82 Å². The van der Waals surface area contributed by atoms with E-state index < -0.39 is 0 Å². The van der Waals surface area contributed by atoms with Crippen LogP contribution < -0.4 is 5.32 Å². The van der Waals surface area contributed by atoms with E-state index in [2.05, 4.69) is 15.3 Å². The fraction of sp³-hybridized carbons (Fsp3) is 0.133. The van der Waals surface area contributed by atoms with Gasteiger partial charge in [-0.15, -0.1) is 0 Å². The molecular formula is C15H14FN3O. The Balaban J connectivity index is 1.87. The molecule has 1 aromatic heterocycles. The first-order valence-corrected chi connectivity index (χ1v) is 6.34. The number of rotatable bonds is 4. The lowest BCUT2D eigenvalue weighted by Gasteiger charge is -2.15. The number of nitrogens with one attached hydrogen (secondary N) is 2. The standard InChI is InChI=1S/C15H14FN3O/c16-11-6-7-12-13(8-11)18-15(17-12)19-14(9-20)10-4-2-1-3-5-10/h1-8,14,20H,9H2,(H2,17,18,19). The summed E-state index contributed by atoms with van der Waals surface area (Å²) in [7, 11) is 0. The molecule has 0 saturated carbocycles. The van der Waals surface area contributed by atoms with Crippen molar-refractivity contribution in [2.24, 2.45) is 0 Å². The zero-order chi connectivity index (χ0) is 13.9. The molecule has 5 heteroatoms. The Morgan fingerprint density at radius 2 is 2.00 bits per heavy atom. The van der Waals surface area contributed by atoms with E-state index in [4.69, 9.17) is 0 Å². The molecule has 102 valence electrons. The fourth-order valence-electron chi connectivity index (χ4n) is 2.13. The molecule has 0 amide bonds. The molecule has 3 aromatic rings. The molecule has 1 atom stereocenters. The first-order chi connectivity index (χ1) is 9.76. The number of aliphatic hydroxyl groups is 1. The second-order valence-corrected chi connectivity index (χ2v) is 4.54. The van der Waals surface area contributed by atoms with Crippen LogP contribution in [0.25, 0.3) is 11.0 Å². The lowest BCUT2D eigenvalue weighted by molar-refractivity contribution is 0.276. The summed E-state index contributed by atoms with van der Waals surface area (Å²) in [6.45, 7) is -0.0601. The molecule has 0 saturated heterocycles. The van der Waals surface area contributed by atoms with Crippen molar-refractivity contribution in [1.29, 1.82) is 0 Å². The third-order valence-electron chi connectivity index (χ3n) is 3.14. The summed E-state index contributed by atoms with van der Waals surface area (Å²) < 4.78 is 13.1. The van der Waals surface area contributed by atoms with Gasteiger partial charge >= 0.3 is 0 Å². The maximum atomic E-state index is 13.1. The molecule has 0 radical (unpaired) electrons. The van der Waals surface area contributed by atoms with Crippen LogP contribution in [0.1, 0.15) is 11.6 Å². The number of halogens is 1. The van der Waals surface area contributed by atoms with Crippen molar-refractivity contribution in [3.05, 3.63) is 59.9 Å². The number of hydrogen-bond donors (Lipinski definition) is 3. The summed E-state index contributed by atoms with van der Waals surface area (Å²) in [6, 6.07) is 13.7. The number of hydrogen-bond acceptors (Lipinski definition) is 3. The average molecular weight is 271 g/mol. The van der Waals surface area contributed by atoms with Gasteiger partial charge in [0, 0.05) is 0 Å². The summed E-state index contributed by atoms with van der Waals surface area (Å²) in [5, 5.41) is 12.6. The number of fused-ring (bicyclic) bond motifs is 1. The number of imidazole rings is 1. The van der Waals surface area contributed by atoms with Crippen molar-refractivity contribution in [1.82, 2.24) is 9.97 Å². The molecule has 0 aliphatic carbocycles. The Hall–Kier alpha value is -2.40. The number of nitrogens with zero attached hydrogens (tertiary/aromatic N) is 1. The van der Waals surface area contributed by atoms with Crippen LogP contribution in [0.3, 0.4) is 0 Å². The van der Waals surface area contributed by atoms with E-state index in [0.29, 0.717) is 17.0 Å². The van der Waals surface area contributed by atoms with Crippen molar-refractivity contribution in [2.75, 3.05) is 11.9 Å². The van der Waals surface area contributed by atoms with Gasteiger partial charge in [-0.25, -0.2) is 9.37 Å². The number of benzene rings is 2. The highest BCUT2D eigenvalue weighted by Crippen LogP contribution is 2.20. The minimum Gasteiger partial charge on any atom is -0.394 e. The van der Waals surface area contributed by atoms with E-state index in [1.54, 1.807) is 6.07 Å². The zero-order valence-corrected chi connectivity index (χ0v) is 10.7. The molecule has 0 aliphatic rings. The van der Waals surface area contributed by atoms with Crippen LogP contribution in [0.15, 0.2) is 48.5 Å². The molecule has 2 aromatic carbocycles. The van der Waals surface area contributed by atoms with Crippen molar-refractivity contribution in [2.45, 2.75) is 6.04 Å². The van der Waals surface area contributed by atoms with Crippen molar-refractivity contribution >= 4 is 17.0 Å². The van der Waals surface area contributed by atoms with Crippen LogP contribution in [0.5, 0.6) is 0 Å². The summed E-state index contributed by atoms with van der Waals surface area (Å²) in [4.78, 5) is 7.32. The molecule has 1 unspecified atom stereocenters. The quantitative estimate of drug-likeness (QED) is 0.683. The average Bonchev–Trinajstić information content (AvgIpc) is 2.87. The maximum absolute atomic E-state index is 13.1. The monoisotopic (exact) mass is 271 g/mol. The SMILES string of the molecule is OCC(Nc1nc2ccc(F)cc2[nH]1)c1ccccc1. The predicted molar refractivity (Wildman–Crippen MR) is 75.9 cm³/mol. The first-order valence-electron chi connectivity index (χ1n) is 6.34. The summed E-state index contributed by atoms with van der Waals surface area (Å²) in [6.07, 6.45) is 0. The molecule has 4 nitrogen and oxygen atoms in total. The van der Waals surface area contributed by atoms with E-state index >= 15 is 0 Å². The Morgan fingerprint density at radius 1 is 1.20 bits per heavy atom. The topological polar surface area (TPSA) is 60.9 Å². The van der Waals surface area contributed by atoms with E-state index in [1.807, 2.05) is 30.3 Å². The third kappa shape index (κ3) is 2.48. The van der Waals surface area contributed by atoms with Crippen molar-refractivity contribution < 1.29 is 9.50 Å². The third-order valence-corrected chi connectivity index (χ3v) is 3.14. The largest absolute Gasteiger partial charge is 0.394 e. The molecule has 0 spiro atoms. The van der Waals surface area contributed by atoms with Gasteiger partial charge in [-0.3, -0.25) is 0 Å². The summed E-state index contributed by atoms with van der Waals surface area (Å²) in [5.41, 5.74) is 2.26. The van der Waals surface area contributed by atoms with Crippen LogP contribution >= 0.6 is 0 Å². The minimum absolute atomic E-state index is 0.0601. The van der Waals surface area contributed by atoms with Gasteiger partial charge < -0.3 is 15.4 Å². The Morgan fingerprint density at radius 3 is 2.75 bits per heavy atom. The molecule has 0 bridgehead atoms. The second kappa shape index (κ2) is 5.30. The number of aromatic amines is 1. The first kappa shape index (κ1) is 12.6. The summed E-state index contributed by atoms with van der Waals surface area (Å²) in [5.74, 6) is 0.197.